The molecule has 0 saturated carbocycles. The number of anilines is 1. The van der Waals surface area contributed by atoms with Crippen LogP contribution in [0.15, 0.2) is 0 Å². The van der Waals surface area contributed by atoms with E-state index in [9.17, 15) is 19.2 Å². The van der Waals surface area contributed by atoms with Crippen LogP contribution < -0.4 is 4.90 Å². The van der Waals surface area contributed by atoms with Gasteiger partial charge in [0.25, 0.3) is 5.91 Å². The zero-order valence-corrected chi connectivity index (χ0v) is 17.7. The Hall–Kier alpha value is -2.46. The zero-order chi connectivity index (χ0) is 21.1. The van der Waals surface area contributed by atoms with Gasteiger partial charge in [-0.15, -0.1) is 11.3 Å². The van der Waals surface area contributed by atoms with Crippen molar-refractivity contribution in [3.05, 3.63) is 16.0 Å². The number of carbonyl (C=O) groups is 4. The second-order valence-electron chi connectivity index (χ2n) is 7.02. The third kappa shape index (κ3) is 4.27. The predicted octanol–water partition coefficient (Wildman–Crippen LogP) is 0.651. The lowest BCUT2D eigenvalue weighted by Crippen LogP contribution is -2.39. The third-order valence-electron chi connectivity index (χ3n) is 5.16. The van der Waals surface area contributed by atoms with E-state index in [1.807, 2.05) is 0 Å². The number of fused-ring (bicyclic) bond motifs is 3. The molecule has 0 aromatic carbocycles. The molecule has 158 valence electrons. The van der Waals surface area contributed by atoms with Crippen LogP contribution in [0.5, 0.6) is 0 Å². The van der Waals surface area contributed by atoms with Gasteiger partial charge in [0.15, 0.2) is 0 Å². The van der Waals surface area contributed by atoms with Crippen molar-refractivity contribution in [1.82, 2.24) is 9.80 Å². The fraction of sp³-hybridized carbons (Fsp3) is 0.579. The highest BCUT2D eigenvalue weighted by Gasteiger charge is 2.37. The number of carbonyl (C=O) groups excluding carboxylic acids is 4. The van der Waals surface area contributed by atoms with Crippen LogP contribution in [0.1, 0.15) is 33.6 Å². The van der Waals surface area contributed by atoms with Crippen LogP contribution in [-0.4, -0.2) is 81.0 Å². The van der Waals surface area contributed by atoms with Gasteiger partial charge < -0.3 is 19.3 Å². The molecule has 0 radical (unpaired) electrons. The van der Waals surface area contributed by atoms with Crippen molar-refractivity contribution in [2.75, 3.05) is 52.4 Å². The lowest BCUT2D eigenvalue weighted by molar-refractivity contribution is -0.143. The highest BCUT2D eigenvalue weighted by atomic mass is 32.1. The number of hydrogen-bond acceptors (Lipinski definition) is 7. The Morgan fingerprint density at radius 2 is 1.90 bits per heavy atom. The first-order valence-corrected chi connectivity index (χ1v) is 10.2. The van der Waals surface area contributed by atoms with Gasteiger partial charge in [-0.2, -0.15) is 0 Å². The molecule has 3 rings (SSSR count). The normalized spacial score (nSPS) is 16.4. The number of ether oxygens (including phenoxy) is 2. The Balaban J connectivity index is 1.87. The molecule has 1 aromatic rings. The average molecular weight is 423 g/mol. The van der Waals surface area contributed by atoms with Crippen molar-refractivity contribution in [1.29, 1.82) is 0 Å². The van der Waals surface area contributed by atoms with Crippen molar-refractivity contribution >= 4 is 40.0 Å². The predicted molar refractivity (Wildman–Crippen MR) is 106 cm³/mol. The molecule has 1 aromatic heterocycles. The van der Waals surface area contributed by atoms with E-state index in [2.05, 4.69) is 4.74 Å². The molecule has 0 bridgehead atoms. The molecule has 3 heterocycles. The summed E-state index contributed by atoms with van der Waals surface area (Å²) in [5, 5.41) is 0.634. The first-order chi connectivity index (χ1) is 13.9. The van der Waals surface area contributed by atoms with Gasteiger partial charge in [0.1, 0.15) is 11.5 Å². The van der Waals surface area contributed by atoms with E-state index in [0.717, 1.165) is 10.4 Å². The summed E-state index contributed by atoms with van der Waals surface area (Å²) >= 11 is 1.39. The van der Waals surface area contributed by atoms with Gasteiger partial charge in [-0.3, -0.25) is 24.1 Å². The number of thiophene rings is 1. The van der Waals surface area contributed by atoms with Gasteiger partial charge in [0, 0.05) is 32.0 Å². The molecule has 0 unspecified atom stereocenters. The quantitative estimate of drug-likeness (QED) is 0.624. The van der Waals surface area contributed by atoms with Crippen molar-refractivity contribution in [3.8, 4) is 0 Å². The van der Waals surface area contributed by atoms with Crippen LogP contribution in [-0.2, 0) is 36.8 Å². The minimum absolute atomic E-state index is 0.0247. The fourth-order valence-electron chi connectivity index (χ4n) is 3.55. The summed E-state index contributed by atoms with van der Waals surface area (Å²) < 4.78 is 9.72. The first kappa shape index (κ1) is 21.3. The van der Waals surface area contributed by atoms with Crippen molar-refractivity contribution in [2.45, 2.75) is 25.8 Å². The van der Waals surface area contributed by atoms with Crippen LogP contribution >= 0.6 is 11.3 Å². The smallest absolute Gasteiger partial charge is 0.306 e. The van der Waals surface area contributed by atoms with E-state index in [1.54, 1.807) is 24.0 Å². The van der Waals surface area contributed by atoms with Crippen LogP contribution in [0.2, 0.25) is 0 Å². The first-order valence-electron chi connectivity index (χ1n) is 9.41. The molecule has 0 spiro atoms. The molecule has 0 aliphatic carbocycles. The van der Waals surface area contributed by atoms with Gasteiger partial charge >= 0.3 is 5.97 Å². The Morgan fingerprint density at radius 3 is 2.59 bits per heavy atom. The van der Waals surface area contributed by atoms with Crippen molar-refractivity contribution in [3.63, 3.8) is 0 Å². The highest BCUT2D eigenvalue weighted by molar-refractivity contribution is 7.17. The van der Waals surface area contributed by atoms with E-state index in [-0.39, 0.29) is 37.1 Å². The summed E-state index contributed by atoms with van der Waals surface area (Å²) in [4.78, 5) is 55.1. The summed E-state index contributed by atoms with van der Waals surface area (Å²) in [6, 6.07) is 0. The number of hydrogen-bond donors (Lipinski definition) is 0. The van der Waals surface area contributed by atoms with Gasteiger partial charge in [-0.05, 0) is 12.0 Å². The third-order valence-corrected chi connectivity index (χ3v) is 6.40. The molecule has 2 aliphatic heterocycles. The van der Waals surface area contributed by atoms with Crippen LogP contribution in [0.25, 0.3) is 0 Å². The van der Waals surface area contributed by atoms with E-state index < -0.39 is 5.97 Å². The Morgan fingerprint density at radius 1 is 1.14 bits per heavy atom. The van der Waals surface area contributed by atoms with Gasteiger partial charge in [0.05, 0.1) is 38.8 Å². The van der Waals surface area contributed by atoms with Gasteiger partial charge in [-0.1, -0.05) is 0 Å². The maximum absolute atomic E-state index is 13.0. The molecular formula is C19H25N3O6S. The van der Waals surface area contributed by atoms with Crippen molar-refractivity contribution in [2.24, 2.45) is 0 Å². The molecule has 29 heavy (non-hydrogen) atoms. The Kier molecular flexibility index (Phi) is 6.53. The Labute approximate surface area is 173 Å². The summed E-state index contributed by atoms with van der Waals surface area (Å²) in [5.41, 5.74) is 1.48. The number of amides is 3. The molecule has 3 amide bonds. The molecule has 0 saturated heterocycles. The molecular weight excluding hydrogens is 398 g/mol. The molecule has 10 heteroatoms. The van der Waals surface area contributed by atoms with E-state index >= 15 is 0 Å². The zero-order valence-electron chi connectivity index (χ0n) is 16.9. The number of methoxy groups -OCH3 is 2. The molecule has 0 atom stereocenters. The SMILES string of the molecule is COCCN1C(=O)CN(C)C(=O)c2c1sc1c2CCN(C(=O)CCC(=O)OC)C1. The lowest BCUT2D eigenvalue weighted by atomic mass is 10.0. The van der Waals surface area contributed by atoms with E-state index in [4.69, 9.17) is 4.74 Å². The van der Waals surface area contributed by atoms with Crippen LogP contribution in [0, 0.1) is 0 Å². The summed E-state index contributed by atoms with van der Waals surface area (Å²) in [7, 11) is 4.49. The monoisotopic (exact) mass is 423 g/mol. The lowest BCUT2D eigenvalue weighted by Gasteiger charge is -2.27. The minimum Gasteiger partial charge on any atom is -0.469 e. The van der Waals surface area contributed by atoms with E-state index in [1.165, 1.54) is 23.3 Å². The number of nitrogens with zero attached hydrogens (tertiary/aromatic N) is 3. The number of rotatable bonds is 6. The van der Waals surface area contributed by atoms with Crippen LogP contribution in [0.3, 0.4) is 0 Å². The molecule has 9 nitrogen and oxygen atoms in total. The average Bonchev–Trinajstić information content (AvgIpc) is 3.05. The minimum atomic E-state index is -0.417. The summed E-state index contributed by atoms with van der Waals surface area (Å²) in [6.07, 6.45) is 0.673. The standard InChI is InChI=1S/C19H25N3O6S/c1-20-11-15(24)22(8-9-27-2)19-17(18(20)26)12-6-7-21(10-13(12)29-19)14(23)4-5-16(25)28-3/h4-11H2,1-3H3. The second kappa shape index (κ2) is 8.91. The number of esters is 1. The fourth-order valence-corrected chi connectivity index (χ4v) is 4.95. The maximum atomic E-state index is 13.0. The Bertz CT molecular complexity index is 836. The van der Waals surface area contributed by atoms with Crippen molar-refractivity contribution < 1.29 is 28.7 Å². The second-order valence-corrected chi connectivity index (χ2v) is 8.11. The topological polar surface area (TPSA) is 96.5 Å². The summed E-state index contributed by atoms with van der Waals surface area (Å²) in [6.45, 7) is 1.60. The summed E-state index contributed by atoms with van der Waals surface area (Å²) in [5.74, 6) is -0.863. The molecule has 0 N–H and O–H groups in total. The van der Waals surface area contributed by atoms with E-state index in [0.29, 0.717) is 43.2 Å². The largest absolute Gasteiger partial charge is 0.469 e. The number of likely N-dealkylation sites (N-methyl/N-ethyl adjacent to an activating group) is 1. The molecule has 2 aliphatic rings. The maximum Gasteiger partial charge on any atom is 0.306 e. The highest BCUT2D eigenvalue weighted by Crippen LogP contribution is 2.41. The molecule has 0 fully saturated rings. The van der Waals surface area contributed by atoms with Crippen LogP contribution in [0.4, 0.5) is 5.00 Å². The van der Waals surface area contributed by atoms with Gasteiger partial charge in [-0.25, -0.2) is 0 Å². The van der Waals surface area contributed by atoms with Gasteiger partial charge in [0.2, 0.25) is 11.8 Å².